The van der Waals surface area contributed by atoms with Crippen molar-refractivity contribution in [1.82, 2.24) is 9.13 Å². The third-order valence-electron chi connectivity index (χ3n) is 6.81. The van der Waals surface area contributed by atoms with Crippen LogP contribution in [0.4, 0.5) is 5.69 Å². The number of ketones is 1. The van der Waals surface area contributed by atoms with Crippen molar-refractivity contribution >= 4 is 39.5 Å². The molecule has 4 aromatic rings. The molecule has 0 fully saturated rings. The summed E-state index contributed by atoms with van der Waals surface area (Å²) in [4.78, 5) is 24.3. The van der Waals surface area contributed by atoms with Crippen LogP contribution in [0, 0.1) is 15.5 Å². The lowest BCUT2D eigenvalue weighted by Crippen LogP contribution is -2.28. The number of fused-ring (bicyclic) bond motifs is 1. The number of imidazole rings is 1. The Labute approximate surface area is 238 Å². The number of aromatic nitrogens is 2. The van der Waals surface area contributed by atoms with Gasteiger partial charge in [0.25, 0.3) is 5.69 Å². The second-order valence-electron chi connectivity index (χ2n) is 11.8. The van der Waals surface area contributed by atoms with E-state index in [4.69, 9.17) is 5.41 Å². The first-order chi connectivity index (χ1) is 17.7. The zero-order chi connectivity index (χ0) is 28.0. The lowest BCUT2D eigenvalue weighted by Gasteiger charge is -2.28. The summed E-state index contributed by atoms with van der Waals surface area (Å²) >= 11 is 0. The molecule has 0 spiro atoms. The summed E-state index contributed by atoms with van der Waals surface area (Å²) in [6.45, 7) is 12.3. The van der Waals surface area contributed by atoms with E-state index in [0.29, 0.717) is 23.2 Å². The predicted molar refractivity (Wildman–Crippen MR) is 158 cm³/mol. The van der Waals surface area contributed by atoms with Gasteiger partial charge in [0.2, 0.25) is 5.62 Å². The number of phenols is 1. The number of halogens is 1. The van der Waals surface area contributed by atoms with Crippen molar-refractivity contribution in [3.8, 4) is 5.75 Å². The number of nitro benzene ring substituents is 1. The van der Waals surface area contributed by atoms with E-state index >= 15 is 0 Å². The molecule has 2 N–H and O–H groups in total. The molecule has 3 aromatic carbocycles. The smallest absolute Gasteiger partial charge is 0.269 e. The van der Waals surface area contributed by atoms with Gasteiger partial charge in [0, 0.05) is 28.8 Å². The summed E-state index contributed by atoms with van der Waals surface area (Å²) in [6.07, 6.45) is 0. The number of carbonyl (C=O) groups is 1. The quantitative estimate of drug-likeness (QED) is 0.148. The Hall–Kier alpha value is -3.72. The number of benzene rings is 3. The largest absolute Gasteiger partial charge is 0.507 e. The number of phenolic OH excluding ortho intramolecular Hbond substituents is 1. The van der Waals surface area contributed by atoms with Crippen molar-refractivity contribution in [3.63, 3.8) is 0 Å². The average Bonchev–Trinajstić information content (AvgIpc) is 3.09. The molecule has 0 aliphatic heterocycles. The number of nitro groups is 1. The highest BCUT2D eigenvalue weighted by Crippen LogP contribution is 2.40. The maximum absolute atomic E-state index is 13.7. The Morgan fingerprint density at radius 2 is 1.38 bits per heavy atom. The molecule has 0 radical (unpaired) electrons. The first kappa shape index (κ1) is 29.8. The van der Waals surface area contributed by atoms with Gasteiger partial charge in [-0.1, -0.05) is 65.8 Å². The molecule has 0 unspecified atom stereocenters. The van der Waals surface area contributed by atoms with Crippen molar-refractivity contribution in [2.75, 3.05) is 0 Å². The van der Waals surface area contributed by atoms with Gasteiger partial charge < -0.3 is 14.2 Å². The molecular weight excluding hydrogens is 560 g/mol. The molecule has 1 heterocycles. The minimum Gasteiger partial charge on any atom is -0.507 e. The second-order valence-corrected chi connectivity index (χ2v) is 11.8. The third-order valence-corrected chi connectivity index (χ3v) is 6.81. The van der Waals surface area contributed by atoms with Crippen molar-refractivity contribution in [3.05, 3.63) is 98.6 Å². The maximum Gasteiger partial charge on any atom is 0.269 e. The molecule has 0 bridgehead atoms. The standard InChI is InChI=1S/C30H34N4O4.BrH/c1-29(2,3)22-15-20(16-23(27(22)36)30(4,5)6)26(35)18-33-25-10-8-7-9-24(25)32(28(33)31)17-19-11-13-21(14-12-19)34(37)38;/h7-16,31,36H,17-18H2,1-6H3;1H. The normalized spacial score (nSPS) is 11.8. The van der Waals surface area contributed by atoms with Gasteiger partial charge >= 0.3 is 0 Å². The van der Waals surface area contributed by atoms with Crippen LogP contribution in [-0.2, 0) is 23.9 Å². The number of Topliss-reactive ketones (excluding diaryl/α,β-unsaturated/α-hetero) is 1. The van der Waals surface area contributed by atoms with Crippen LogP contribution < -0.4 is 5.62 Å². The molecule has 1 aromatic heterocycles. The lowest BCUT2D eigenvalue weighted by molar-refractivity contribution is -0.384. The van der Waals surface area contributed by atoms with E-state index in [1.165, 1.54) is 12.1 Å². The van der Waals surface area contributed by atoms with Crippen LogP contribution in [0.25, 0.3) is 11.0 Å². The number of para-hydroxylation sites is 2. The van der Waals surface area contributed by atoms with Gasteiger partial charge in [-0.2, -0.15) is 0 Å². The number of non-ortho nitro benzene ring substituents is 1. The Morgan fingerprint density at radius 1 is 0.897 bits per heavy atom. The zero-order valence-corrected chi connectivity index (χ0v) is 24.8. The van der Waals surface area contributed by atoms with E-state index in [0.717, 1.165) is 16.6 Å². The summed E-state index contributed by atoms with van der Waals surface area (Å²) in [6, 6.07) is 17.3. The highest BCUT2D eigenvalue weighted by Gasteiger charge is 2.28. The summed E-state index contributed by atoms with van der Waals surface area (Å²) in [7, 11) is 0. The van der Waals surface area contributed by atoms with Crippen LogP contribution in [0.1, 0.15) is 68.6 Å². The van der Waals surface area contributed by atoms with Crippen LogP contribution in [0.15, 0.2) is 60.7 Å². The lowest BCUT2D eigenvalue weighted by atomic mass is 9.78. The van der Waals surface area contributed by atoms with E-state index < -0.39 is 4.92 Å². The number of hydrogen-bond donors (Lipinski definition) is 2. The third kappa shape index (κ3) is 5.98. The molecule has 8 nitrogen and oxygen atoms in total. The number of aromatic hydroxyl groups is 1. The van der Waals surface area contributed by atoms with Crippen molar-refractivity contribution < 1.29 is 14.8 Å². The SMILES string of the molecule is Br.CC(C)(C)c1cc(C(=O)Cn2c(=N)n(Cc3ccc([N+](=O)[O-])cc3)c3ccccc32)cc(C(C)(C)C)c1O. The number of hydrogen-bond acceptors (Lipinski definition) is 5. The number of nitrogens with one attached hydrogen (secondary N) is 1. The molecule has 39 heavy (non-hydrogen) atoms. The minimum absolute atomic E-state index is 0. The van der Waals surface area contributed by atoms with Gasteiger partial charge in [-0.05, 0) is 40.7 Å². The van der Waals surface area contributed by atoms with E-state index in [2.05, 4.69) is 0 Å². The van der Waals surface area contributed by atoms with Crippen LogP contribution in [0.3, 0.4) is 0 Å². The first-order valence-electron chi connectivity index (χ1n) is 12.6. The molecule has 0 saturated heterocycles. The highest BCUT2D eigenvalue weighted by atomic mass is 79.9. The van der Waals surface area contributed by atoms with Crippen LogP contribution in [0.5, 0.6) is 5.75 Å². The number of rotatable bonds is 6. The van der Waals surface area contributed by atoms with E-state index in [1.807, 2.05) is 65.8 Å². The van der Waals surface area contributed by atoms with Crippen LogP contribution in [0.2, 0.25) is 0 Å². The molecule has 0 aliphatic rings. The van der Waals surface area contributed by atoms with E-state index in [9.17, 15) is 20.0 Å². The Kier molecular flexibility index (Phi) is 8.26. The zero-order valence-electron chi connectivity index (χ0n) is 23.1. The first-order valence-corrected chi connectivity index (χ1v) is 12.6. The van der Waals surface area contributed by atoms with Crippen molar-refractivity contribution in [1.29, 1.82) is 5.41 Å². The number of nitrogens with zero attached hydrogens (tertiary/aromatic N) is 3. The molecular formula is C30H35BrN4O4. The van der Waals surface area contributed by atoms with Gasteiger partial charge in [-0.3, -0.25) is 20.3 Å². The molecule has 4 rings (SSSR count). The fourth-order valence-corrected chi connectivity index (χ4v) is 4.69. The fraction of sp³-hybridized carbons (Fsp3) is 0.333. The predicted octanol–water partition coefficient (Wildman–Crippen LogP) is 6.64. The summed E-state index contributed by atoms with van der Waals surface area (Å²) < 4.78 is 3.48. The summed E-state index contributed by atoms with van der Waals surface area (Å²) in [5.41, 5.74) is 3.71. The van der Waals surface area contributed by atoms with E-state index in [1.54, 1.807) is 33.4 Å². The minimum atomic E-state index is -0.441. The molecule has 9 heteroatoms. The molecule has 0 aliphatic carbocycles. The monoisotopic (exact) mass is 594 g/mol. The average molecular weight is 596 g/mol. The van der Waals surface area contributed by atoms with Gasteiger partial charge in [0.1, 0.15) is 5.75 Å². The molecule has 206 valence electrons. The van der Waals surface area contributed by atoms with E-state index in [-0.39, 0.29) is 57.2 Å². The van der Waals surface area contributed by atoms with Gasteiger partial charge in [0.15, 0.2) is 5.78 Å². The molecule has 0 atom stereocenters. The topological polar surface area (TPSA) is 114 Å². The summed E-state index contributed by atoms with van der Waals surface area (Å²) in [5, 5.41) is 31.0. The summed E-state index contributed by atoms with van der Waals surface area (Å²) in [5.74, 6) is 0.0628. The molecule has 0 amide bonds. The van der Waals surface area contributed by atoms with Gasteiger partial charge in [-0.15, -0.1) is 17.0 Å². The number of carbonyl (C=O) groups excluding carboxylic acids is 1. The van der Waals surface area contributed by atoms with Crippen molar-refractivity contribution in [2.24, 2.45) is 0 Å². The van der Waals surface area contributed by atoms with Crippen LogP contribution >= 0.6 is 17.0 Å². The van der Waals surface area contributed by atoms with Crippen molar-refractivity contribution in [2.45, 2.75) is 65.5 Å². The molecule has 0 saturated carbocycles. The van der Waals surface area contributed by atoms with Gasteiger partial charge in [0.05, 0.1) is 29.0 Å². The Balaban J connectivity index is 0.00000420. The second kappa shape index (κ2) is 10.8. The van der Waals surface area contributed by atoms with Crippen LogP contribution in [-0.4, -0.2) is 24.9 Å². The Morgan fingerprint density at radius 3 is 1.85 bits per heavy atom. The fourth-order valence-electron chi connectivity index (χ4n) is 4.69. The highest BCUT2D eigenvalue weighted by molar-refractivity contribution is 8.93. The van der Waals surface area contributed by atoms with Gasteiger partial charge in [-0.25, -0.2) is 0 Å². The maximum atomic E-state index is 13.7. The Bertz CT molecular complexity index is 1570.